The van der Waals surface area contributed by atoms with E-state index in [9.17, 15) is 10.1 Å². The number of fused-ring (bicyclic) bond motifs is 1. The van der Waals surface area contributed by atoms with Crippen molar-refractivity contribution in [1.82, 2.24) is 15.0 Å². The highest BCUT2D eigenvalue weighted by molar-refractivity contribution is 5.81. The number of aromatic nitrogens is 3. The van der Waals surface area contributed by atoms with Crippen LogP contribution in [-0.4, -0.2) is 32.9 Å². The van der Waals surface area contributed by atoms with Gasteiger partial charge in [0.2, 0.25) is 24.6 Å². The second kappa shape index (κ2) is 10.2. The van der Waals surface area contributed by atoms with E-state index < -0.39 is 4.92 Å². The minimum Gasteiger partial charge on any atom is -0.454 e. The van der Waals surface area contributed by atoms with Crippen molar-refractivity contribution in [3.8, 4) is 11.5 Å². The van der Waals surface area contributed by atoms with Crippen molar-refractivity contribution in [2.24, 2.45) is 5.10 Å². The van der Waals surface area contributed by atoms with Crippen molar-refractivity contribution in [3.63, 3.8) is 0 Å². The molecule has 0 amide bonds. The van der Waals surface area contributed by atoms with Crippen LogP contribution in [0.2, 0.25) is 0 Å². The molecule has 186 valence electrons. The number of nitrogens with one attached hydrogen (secondary N) is 3. The summed E-state index contributed by atoms with van der Waals surface area (Å²) in [5.41, 5.74) is 7.28. The van der Waals surface area contributed by atoms with E-state index in [1.165, 1.54) is 17.7 Å². The Bertz CT molecular complexity index is 1490. The third-order valence-electron chi connectivity index (χ3n) is 5.51. The van der Waals surface area contributed by atoms with Gasteiger partial charge in [-0.25, -0.2) is 5.43 Å². The Labute approximate surface area is 211 Å². The minimum absolute atomic E-state index is 0.0153. The summed E-state index contributed by atoms with van der Waals surface area (Å²) < 4.78 is 10.7. The maximum absolute atomic E-state index is 10.9. The molecule has 2 heterocycles. The van der Waals surface area contributed by atoms with Crippen LogP contribution in [0.1, 0.15) is 16.7 Å². The molecule has 1 aromatic heterocycles. The number of non-ortho nitro benzene ring substituents is 1. The molecule has 12 nitrogen and oxygen atoms in total. The van der Waals surface area contributed by atoms with Crippen LogP contribution in [0.5, 0.6) is 11.5 Å². The number of nitrogens with zero attached hydrogens (tertiary/aromatic N) is 5. The smallest absolute Gasteiger partial charge is 0.269 e. The highest BCUT2D eigenvalue weighted by atomic mass is 16.7. The maximum Gasteiger partial charge on any atom is 0.269 e. The summed E-state index contributed by atoms with van der Waals surface area (Å²) in [6.07, 6.45) is 1.60. The second-order valence-electron chi connectivity index (χ2n) is 8.14. The van der Waals surface area contributed by atoms with Crippen molar-refractivity contribution in [2.75, 3.05) is 22.9 Å². The van der Waals surface area contributed by atoms with Gasteiger partial charge >= 0.3 is 0 Å². The molecule has 0 spiro atoms. The van der Waals surface area contributed by atoms with Crippen molar-refractivity contribution < 1.29 is 14.4 Å². The molecular formula is C25H22N8O4. The van der Waals surface area contributed by atoms with Gasteiger partial charge in [0.25, 0.3) is 5.69 Å². The highest BCUT2D eigenvalue weighted by Gasteiger charge is 2.13. The van der Waals surface area contributed by atoms with Gasteiger partial charge in [-0.2, -0.15) is 20.1 Å². The fraction of sp³-hybridized carbons (Fsp3) is 0.120. The van der Waals surface area contributed by atoms with Gasteiger partial charge in [0.15, 0.2) is 11.5 Å². The van der Waals surface area contributed by atoms with Crippen LogP contribution in [0.25, 0.3) is 0 Å². The zero-order chi connectivity index (χ0) is 25.8. The lowest BCUT2D eigenvalue weighted by Gasteiger charge is -2.11. The van der Waals surface area contributed by atoms with E-state index in [4.69, 9.17) is 9.47 Å². The van der Waals surface area contributed by atoms with Gasteiger partial charge in [0.1, 0.15) is 0 Å². The Kier molecular flexibility index (Phi) is 6.45. The Morgan fingerprint density at radius 2 is 1.51 bits per heavy atom. The molecule has 0 unspecified atom stereocenters. The third kappa shape index (κ3) is 5.70. The summed E-state index contributed by atoms with van der Waals surface area (Å²) in [7, 11) is 0. The average Bonchev–Trinajstić information content (AvgIpc) is 3.35. The third-order valence-corrected chi connectivity index (χ3v) is 5.51. The van der Waals surface area contributed by atoms with Crippen LogP contribution in [0.15, 0.2) is 65.8 Å². The molecule has 5 rings (SSSR count). The van der Waals surface area contributed by atoms with Gasteiger partial charge in [-0.3, -0.25) is 10.1 Å². The molecule has 1 aliphatic heterocycles. The number of ether oxygens (including phenoxy) is 2. The molecular weight excluding hydrogens is 476 g/mol. The molecule has 0 bridgehead atoms. The molecule has 0 aliphatic carbocycles. The van der Waals surface area contributed by atoms with Gasteiger partial charge in [0.05, 0.1) is 11.1 Å². The number of hydrogen-bond donors (Lipinski definition) is 3. The first-order chi connectivity index (χ1) is 17.9. The summed E-state index contributed by atoms with van der Waals surface area (Å²) >= 11 is 0. The molecule has 1 aliphatic rings. The van der Waals surface area contributed by atoms with Gasteiger partial charge in [-0.1, -0.05) is 6.07 Å². The predicted molar refractivity (Wildman–Crippen MR) is 139 cm³/mol. The number of hydrogen-bond acceptors (Lipinski definition) is 11. The molecule has 3 aromatic carbocycles. The maximum atomic E-state index is 10.9. The van der Waals surface area contributed by atoms with Crippen LogP contribution >= 0.6 is 0 Å². The fourth-order valence-electron chi connectivity index (χ4n) is 3.44. The number of anilines is 5. The summed E-state index contributed by atoms with van der Waals surface area (Å²) in [5.74, 6) is 2.02. The van der Waals surface area contributed by atoms with Gasteiger partial charge in [-0.15, -0.1) is 0 Å². The fourth-order valence-corrected chi connectivity index (χ4v) is 3.44. The van der Waals surface area contributed by atoms with Gasteiger partial charge in [-0.05, 0) is 73.0 Å². The van der Waals surface area contributed by atoms with E-state index in [0.29, 0.717) is 17.2 Å². The van der Waals surface area contributed by atoms with E-state index in [2.05, 4.69) is 36.1 Å². The van der Waals surface area contributed by atoms with E-state index in [0.717, 1.165) is 16.8 Å². The summed E-state index contributed by atoms with van der Waals surface area (Å²) in [5, 5.41) is 21.4. The number of benzene rings is 3. The molecule has 3 N–H and O–H groups in total. The van der Waals surface area contributed by atoms with Gasteiger partial charge in [0, 0.05) is 23.5 Å². The molecule has 12 heteroatoms. The number of nitro groups is 1. The number of hydrazone groups is 1. The van der Waals surface area contributed by atoms with Crippen LogP contribution < -0.4 is 25.5 Å². The largest absolute Gasteiger partial charge is 0.454 e. The number of aryl methyl sites for hydroxylation is 2. The Morgan fingerprint density at radius 1 is 0.838 bits per heavy atom. The lowest BCUT2D eigenvalue weighted by Crippen LogP contribution is -2.07. The first-order valence-corrected chi connectivity index (χ1v) is 11.2. The van der Waals surface area contributed by atoms with E-state index in [1.54, 1.807) is 18.3 Å². The molecule has 4 aromatic rings. The Morgan fingerprint density at radius 3 is 2.24 bits per heavy atom. The monoisotopic (exact) mass is 498 g/mol. The molecule has 0 radical (unpaired) electrons. The Hall–Kier alpha value is -5.26. The lowest BCUT2D eigenvalue weighted by molar-refractivity contribution is -0.384. The van der Waals surface area contributed by atoms with Crippen molar-refractivity contribution in [3.05, 3.63) is 87.5 Å². The standard InChI is InChI=1S/C25H22N8O4/c1-15-3-5-19(11-16(15)2)28-24-29-23(27-18-6-8-20(9-7-18)33(34)35)30-25(31-24)32-26-13-17-4-10-21-22(12-17)37-14-36-21/h3-13H,14H2,1-2H3,(H3,27,28,29,30,31,32)/b26-13-. The van der Waals surface area contributed by atoms with E-state index in [1.807, 2.05) is 50.2 Å². The SMILES string of the molecule is Cc1ccc(Nc2nc(N/N=C\c3ccc4c(c3)OCO4)nc(Nc3ccc([N+](=O)[O-])cc3)n2)cc1C. The quantitative estimate of drug-likeness (QED) is 0.171. The highest BCUT2D eigenvalue weighted by Crippen LogP contribution is 2.32. The van der Waals surface area contributed by atoms with Crippen molar-refractivity contribution >= 4 is 41.1 Å². The van der Waals surface area contributed by atoms with Crippen molar-refractivity contribution in [2.45, 2.75) is 13.8 Å². The summed E-state index contributed by atoms with van der Waals surface area (Å²) in [6.45, 7) is 4.25. The minimum atomic E-state index is -0.460. The number of rotatable bonds is 8. The predicted octanol–water partition coefficient (Wildman–Crippen LogP) is 5.06. The second-order valence-corrected chi connectivity index (χ2v) is 8.14. The average molecular weight is 499 g/mol. The molecule has 37 heavy (non-hydrogen) atoms. The first-order valence-electron chi connectivity index (χ1n) is 11.2. The zero-order valence-corrected chi connectivity index (χ0v) is 19.9. The summed E-state index contributed by atoms with van der Waals surface area (Å²) in [6, 6.07) is 17.3. The molecule has 0 saturated heterocycles. The zero-order valence-electron chi connectivity index (χ0n) is 19.9. The lowest BCUT2D eigenvalue weighted by atomic mass is 10.1. The van der Waals surface area contributed by atoms with Crippen LogP contribution in [0, 0.1) is 24.0 Å². The molecule has 0 fully saturated rings. The number of nitro benzene ring substituents is 1. The van der Waals surface area contributed by atoms with Crippen molar-refractivity contribution in [1.29, 1.82) is 0 Å². The Balaban J connectivity index is 1.39. The van der Waals surface area contributed by atoms with Crippen LogP contribution in [-0.2, 0) is 0 Å². The van der Waals surface area contributed by atoms with E-state index >= 15 is 0 Å². The van der Waals surface area contributed by atoms with Crippen LogP contribution in [0.3, 0.4) is 0 Å². The topological polar surface area (TPSA) is 149 Å². The normalized spacial score (nSPS) is 11.9. The van der Waals surface area contributed by atoms with E-state index in [-0.39, 0.29) is 30.3 Å². The van der Waals surface area contributed by atoms with Crippen LogP contribution in [0.4, 0.5) is 34.9 Å². The summed E-state index contributed by atoms with van der Waals surface area (Å²) in [4.78, 5) is 23.7. The first kappa shape index (κ1) is 23.5. The molecule has 0 atom stereocenters. The molecule has 0 saturated carbocycles. The van der Waals surface area contributed by atoms with Gasteiger partial charge < -0.3 is 20.1 Å².